The lowest BCUT2D eigenvalue weighted by atomic mass is 10.1. The summed E-state index contributed by atoms with van der Waals surface area (Å²) in [5.41, 5.74) is 0.819. The van der Waals surface area contributed by atoms with Gasteiger partial charge >= 0.3 is 0 Å². The van der Waals surface area contributed by atoms with Gasteiger partial charge in [-0.05, 0) is 42.9 Å². The Bertz CT molecular complexity index is 413. The molecule has 3 atom stereocenters. The summed E-state index contributed by atoms with van der Waals surface area (Å²) in [5.74, 6) is 2.20. The quantitative estimate of drug-likeness (QED) is 0.840. The Kier molecular flexibility index (Phi) is 5.26. The van der Waals surface area contributed by atoms with Crippen molar-refractivity contribution >= 4 is 0 Å². The van der Waals surface area contributed by atoms with Gasteiger partial charge in [0.05, 0.1) is 20.3 Å². The molecular formula is C16H25NO3. The zero-order chi connectivity index (χ0) is 14.5. The maximum absolute atomic E-state index is 10.3. The standard InChI is InChI=1S/C16H25NO3/c1-11-4-5-13(6-11)17-10-16(18)12-7-14(19-2)9-15(8-12)20-3/h7-9,11,13,16-18H,4-6,10H2,1-3H3. The molecule has 0 saturated heterocycles. The summed E-state index contributed by atoms with van der Waals surface area (Å²) >= 11 is 0. The van der Waals surface area contributed by atoms with Gasteiger partial charge in [-0.3, -0.25) is 0 Å². The van der Waals surface area contributed by atoms with Crippen molar-refractivity contribution in [2.75, 3.05) is 20.8 Å². The summed E-state index contributed by atoms with van der Waals surface area (Å²) in [6, 6.07) is 6.05. The van der Waals surface area contributed by atoms with Gasteiger partial charge < -0.3 is 19.9 Å². The molecule has 1 aromatic carbocycles. The Morgan fingerprint density at radius 3 is 2.35 bits per heavy atom. The molecule has 1 aliphatic carbocycles. The molecular weight excluding hydrogens is 254 g/mol. The Morgan fingerprint density at radius 1 is 1.20 bits per heavy atom. The molecule has 3 unspecified atom stereocenters. The fraction of sp³-hybridized carbons (Fsp3) is 0.625. The maximum Gasteiger partial charge on any atom is 0.122 e. The minimum absolute atomic E-state index is 0.534. The molecule has 20 heavy (non-hydrogen) atoms. The first kappa shape index (κ1) is 15.1. The average molecular weight is 279 g/mol. The van der Waals surface area contributed by atoms with Gasteiger partial charge in [0.15, 0.2) is 0 Å². The number of methoxy groups -OCH3 is 2. The van der Waals surface area contributed by atoms with E-state index in [1.165, 1.54) is 19.3 Å². The van der Waals surface area contributed by atoms with Gasteiger partial charge in [-0.25, -0.2) is 0 Å². The Labute approximate surface area is 121 Å². The van der Waals surface area contributed by atoms with Crippen molar-refractivity contribution in [3.8, 4) is 11.5 Å². The number of hydrogen-bond acceptors (Lipinski definition) is 4. The van der Waals surface area contributed by atoms with Crippen LogP contribution in [0.4, 0.5) is 0 Å². The van der Waals surface area contributed by atoms with Crippen LogP contribution in [-0.4, -0.2) is 31.9 Å². The van der Waals surface area contributed by atoms with Crippen molar-refractivity contribution < 1.29 is 14.6 Å². The SMILES string of the molecule is COc1cc(OC)cc(C(O)CNC2CCC(C)C2)c1. The van der Waals surface area contributed by atoms with E-state index < -0.39 is 6.10 Å². The van der Waals surface area contributed by atoms with Gasteiger partial charge in [-0.15, -0.1) is 0 Å². The second kappa shape index (κ2) is 6.95. The fourth-order valence-electron chi connectivity index (χ4n) is 2.81. The maximum atomic E-state index is 10.3. The van der Waals surface area contributed by atoms with Crippen LogP contribution in [0.25, 0.3) is 0 Å². The number of rotatable bonds is 6. The Hall–Kier alpha value is -1.26. The molecule has 4 heteroatoms. The second-order valence-corrected chi connectivity index (χ2v) is 5.69. The van der Waals surface area contributed by atoms with E-state index in [0.29, 0.717) is 24.1 Å². The van der Waals surface area contributed by atoms with Gasteiger partial charge in [0, 0.05) is 18.7 Å². The molecule has 0 aliphatic heterocycles. The summed E-state index contributed by atoms with van der Waals surface area (Å²) in [6.45, 7) is 2.85. The van der Waals surface area contributed by atoms with Crippen molar-refractivity contribution in [3.63, 3.8) is 0 Å². The molecule has 1 aliphatic rings. The van der Waals surface area contributed by atoms with Crippen molar-refractivity contribution in [3.05, 3.63) is 23.8 Å². The number of ether oxygens (including phenoxy) is 2. The average Bonchev–Trinajstić information content (AvgIpc) is 2.89. The summed E-state index contributed by atoms with van der Waals surface area (Å²) in [4.78, 5) is 0. The van der Waals surface area contributed by atoms with E-state index in [9.17, 15) is 5.11 Å². The highest BCUT2D eigenvalue weighted by molar-refractivity contribution is 5.39. The van der Waals surface area contributed by atoms with E-state index in [-0.39, 0.29) is 0 Å². The van der Waals surface area contributed by atoms with E-state index in [0.717, 1.165) is 11.5 Å². The molecule has 0 bridgehead atoms. The van der Waals surface area contributed by atoms with Gasteiger partial charge in [0.2, 0.25) is 0 Å². The molecule has 0 radical (unpaired) electrons. The monoisotopic (exact) mass is 279 g/mol. The molecule has 1 aromatic rings. The number of aliphatic hydroxyl groups excluding tert-OH is 1. The molecule has 0 amide bonds. The third kappa shape index (κ3) is 3.87. The minimum Gasteiger partial charge on any atom is -0.497 e. The lowest BCUT2D eigenvalue weighted by Crippen LogP contribution is -2.30. The molecule has 1 saturated carbocycles. The first-order chi connectivity index (χ1) is 9.62. The van der Waals surface area contributed by atoms with Crippen molar-refractivity contribution in [1.82, 2.24) is 5.32 Å². The van der Waals surface area contributed by atoms with Gasteiger partial charge in [-0.1, -0.05) is 6.92 Å². The van der Waals surface area contributed by atoms with Crippen LogP contribution in [0.5, 0.6) is 11.5 Å². The molecule has 0 aromatic heterocycles. The number of hydrogen-bond donors (Lipinski definition) is 2. The third-order valence-corrected chi connectivity index (χ3v) is 4.05. The van der Waals surface area contributed by atoms with Gasteiger partial charge in [-0.2, -0.15) is 0 Å². The van der Waals surface area contributed by atoms with E-state index >= 15 is 0 Å². The predicted molar refractivity (Wildman–Crippen MR) is 79.3 cm³/mol. The Morgan fingerprint density at radius 2 is 1.85 bits per heavy atom. The second-order valence-electron chi connectivity index (χ2n) is 5.69. The summed E-state index contributed by atoms with van der Waals surface area (Å²) in [7, 11) is 3.23. The van der Waals surface area contributed by atoms with Gasteiger partial charge in [0.1, 0.15) is 11.5 Å². The number of nitrogens with one attached hydrogen (secondary N) is 1. The number of benzene rings is 1. The van der Waals surface area contributed by atoms with E-state index in [1.807, 2.05) is 18.2 Å². The van der Waals surface area contributed by atoms with Crippen LogP contribution in [0.2, 0.25) is 0 Å². The van der Waals surface area contributed by atoms with E-state index in [2.05, 4.69) is 12.2 Å². The predicted octanol–water partition coefficient (Wildman–Crippen LogP) is 2.52. The Balaban J connectivity index is 1.95. The topological polar surface area (TPSA) is 50.7 Å². The lowest BCUT2D eigenvalue weighted by molar-refractivity contribution is 0.169. The molecule has 0 heterocycles. The van der Waals surface area contributed by atoms with Crippen molar-refractivity contribution in [1.29, 1.82) is 0 Å². The summed E-state index contributed by atoms with van der Waals surface area (Å²) in [6.07, 6.45) is 3.14. The number of aliphatic hydroxyl groups is 1. The third-order valence-electron chi connectivity index (χ3n) is 4.05. The van der Waals surface area contributed by atoms with Crippen LogP contribution in [0.3, 0.4) is 0 Å². The van der Waals surface area contributed by atoms with Gasteiger partial charge in [0.25, 0.3) is 0 Å². The largest absolute Gasteiger partial charge is 0.497 e. The lowest BCUT2D eigenvalue weighted by Gasteiger charge is -2.18. The molecule has 112 valence electrons. The fourth-order valence-corrected chi connectivity index (χ4v) is 2.81. The molecule has 2 rings (SSSR count). The molecule has 2 N–H and O–H groups in total. The first-order valence-corrected chi connectivity index (χ1v) is 7.26. The normalized spacial score (nSPS) is 23.6. The highest BCUT2D eigenvalue weighted by Crippen LogP contribution is 2.28. The van der Waals surface area contributed by atoms with Crippen LogP contribution >= 0.6 is 0 Å². The summed E-state index contributed by atoms with van der Waals surface area (Å²) in [5, 5.41) is 13.8. The van der Waals surface area contributed by atoms with Crippen molar-refractivity contribution in [2.45, 2.75) is 38.3 Å². The minimum atomic E-state index is -0.546. The summed E-state index contributed by atoms with van der Waals surface area (Å²) < 4.78 is 10.5. The molecule has 1 fully saturated rings. The zero-order valence-electron chi connectivity index (χ0n) is 12.6. The van der Waals surface area contributed by atoms with Crippen LogP contribution in [0.15, 0.2) is 18.2 Å². The molecule has 0 spiro atoms. The highest BCUT2D eigenvalue weighted by atomic mass is 16.5. The highest BCUT2D eigenvalue weighted by Gasteiger charge is 2.21. The van der Waals surface area contributed by atoms with Crippen LogP contribution in [-0.2, 0) is 0 Å². The van der Waals surface area contributed by atoms with E-state index in [4.69, 9.17) is 9.47 Å². The first-order valence-electron chi connectivity index (χ1n) is 7.26. The molecule has 4 nitrogen and oxygen atoms in total. The smallest absolute Gasteiger partial charge is 0.122 e. The van der Waals surface area contributed by atoms with Crippen LogP contribution < -0.4 is 14.8 Å². The van der Waals surface area contributed by atoms with Crippen LogP contribution in [0, 0.1) is 5.92 Å². The van der Waals surface area contributed by atoms with Crippen molar-refractivity contribution in [2.24, 2.45) is 5.92 Å². The van der Waals surface area contributed by atoms with E-state index in [1.54, 1.807) is 14.2 Å². The van der Waals surface area contributed by atoms with Crippen LogP contribution in [0.1, 0.15) is 37.9 Å². The zero-order valence-corrected chi connectivity index (χ0v) is 12.6.